The van der Waals surface area contributed by atoms with Gasteiger partial charge in [-0.25, -0.2) is 4.79 Å². The van der Waals surface area contributed by atoms with Crippen molar-refractivity contribution in [2.75, 3.05) is 45.7 Å². The molecule has 0 spiro atoms. The molecule has 35 heavy (non-hydrogen) atoms. The van der Waals surface area contributed by atoms with Crippen LogP contribution in [-0.4, -0.2) is 77.1 Å². The maximum atomic E-state index is 12.2. The third-order valence-electron chi connectivity index (χ3n) is 5.92. The van der Waals surface area contributed by atoms with Crippen LogP contribution in [0.4, 0.5) is 10.7 Å². The minimum Gasteiger partial charge on any atom is -0.497 e. The molecule has 11 heteroatoms. The molecule has 0 bridgehead atoms. The molecule has 1 aromatic carbocycles. The average molecular weight is 484 g/mol. The van der Waals surface area contributed by atoms with Crippen molar-refractivity contribution in [1.29, 1.82) is 0 Å². The number of amides is 1. The molecule has 11 nitrogen and oxygen atoms in total. The topological polar surface area (TPSA) is 115 Å². The quantitative estimate of drug-likeness (QED) is 0.449. The van der Waals surface area contributed by atoms with Crippen LogP contribution in [0.2, 0.25) is 0 Å². The minimum atomic E-state index is -0.371. The Morgan fingerprint density at radius 3 is 2.77 bits per heavy atom. The number of nitrogens with zero attached hydrogens (tertiary/aromatic N) is 5. The van der Waals surface area contributed by atoms with E-state index < -0.39 is 0 Å². The van der Waals surface area contributed by atoms with E-state index in [2.05, 4.69) is 39.5 Å². The van der Waals surface area contributed by atoms with Gasteiger partial charge in [-0.3, -0.25) is 0 Å². The second kappa shape index (κ2) is 10.8. The highest BCUT2D eigenvalue weighted by atomic mass is 16.6. The summed E-state index contributed by atoms with van der Waals surface area (Å²) in [7, 11) is 3.33. The number of hydrogen-bond acceptors (Lipinski definition) is 9. The third-order valence-corrected chi connectivity index (χ3v) is 5.92. The van der Waals surface area contributed by atoms with E-state index in [1.165, 1.54) is 4.90 Å². The van der Waals surface area contributed by atoms with Crippen molar-refractivity contribution in [3.05, 3.63) is 41.6 Å². The zero-order valence-electron chi connectivity index (χ0n) is 20.8. The van der Waals surface area contributed by atoms with Crippen LogP contribution in [0.5, 0.6) is 11.8 Å². The Morgan fingerprint density at radius 2 is 2.09 bits per heavy atom. The van der Waals surface area contributed by atoms with Gasteiger partial charge >= 0.3 is 12.1 Å². The summed E-state index contributed by atoms with van der Waals surface area (Å²) in [4.78, 5) is 22.8. The highest BCUT2D eigenvalue weighted by molar-refractivity contribution is 5.67. The lowest BCUT2D eigenvalue weighted by Gasteiger charge is -2.28. The monoisotopic (exact) mass is 483 g/mol. The first-order valence-corrected chi connectivity index (χ1v) is 11.8. The van der Waals surface area contributed by atoms with Crippen LogP contribution in [0.15, 0.2) is 30.5 Å². The normalized spacial score (nSPS) is 14.5. The molecule has 0 saturated carbocycles. The van der Waals surface area contributed by atoms with Gasteiger partial charge in [0, 0.05) is 25.7 Å². The molecule has 3 aromatic rings. The molecule has 1 fully saturated rings. The van der Waals surface area contributed by atoms with Gasteiger partial charge in [0.05, 0.1) is 25.9 Å². The van der Waals surface area contributed by atoms with Crippen molar-refractivity contribution in [3.63, 3.8) is 0 Å². The SMILES string of the molecule is COc1cccc(C(C)Nc2nc(OCCN(C)C(=O)OC3CNC3)nc3c(C(C)C)cnn23)c1. The standard InChI is InChI=1S/C24H33N7O4/c1-15(2)20-14-26-31-21(20)28-23(34-10-9-30(4)24(32)35-19-12-25-13-19)29-22(31)27-16(3)17-7-6-8-18(11-17)33-5/h6-8,11,14-16,19,25H,9-10,12-13H2,1-5H3,(H,27,28,29). The van der Waals surface area contributed by atoms with Gasteiger partial charge in [-0.15, -0.1) is 0 Å². The fourth-order valence-corrected chi connectivity index (χ4v) is 3.57. The van der Waals surface area contributed by atoms with Crippen LogP contribution in [0.25, 0.3) is 5.65 Å². The number of fused-ring (bicyclic) bond motifs is 1. The molecule has 1 unspecified atom stereocenters. The molecule has 1 atom stereocenters. The van der Waals surface area contributed by atoms with Crippen LogP contribution in [-0.2, 0) is 4.74 Å². The first-order valence-electron chi connectivity index (χ1n) is 11.8. The summed E-state index contributed by atoms with van der Waals surface area (Å²) in [5, 5.41) is 11.0. The molecule has 3 heterocycles. The molecule has 1 aliphatic heterocycles. The average Bonchev–Trinajstić information content (AvgIpc) is 3.26. The Labute approximate surface area is 204 Å². The lowest BCUT2D eigenvalue weighted by molar-refractivity contribution is 0.0416. The number of likely N-dealkylation sites (N-methyl/N-ethyl adjacent to an activating group) is 1. The summed E-state index contributed by atoms with van der Waals surface area (Å²) < 4.78 is 18.3. The molecular formula is C24H33N7O4. The first kappa shape index (κ1) is 24.5. The lowest BCUT2D eigenvalue weighted by atomic mass is 10.1. The van der Waals surface area contributed by atoms with Crippen LogP contribution >= 0.6 is 0 Å². The van der Waals surface area contributed by atoms with E-state index in [0.717, 1.165) is 16.9 Å². The van der Waals surface area contributed by atoms with Gasteiger partial charge in [-0.1, -0.05) is 26.0 Å². The zero-order chi connectivity index (χ0) is 24.9. The Kier molecular flexibility index (Phi) is 7.54. The molecule has 4 rings (SSSR count). The highest BCUT2D eigenvalue weighted by Gasteiger charge is 2.23. The molecular weight excluding hydrogens is 450 g/mol. The van der Waals surface area contributed by atoms with E-state index in [4.69, 9.17) is 14.2 Å². The first-order chi connectivity index (χ1) is 16.9. The van der Waals surface area contributed by atoms with Crippen LogP contribution in [0, 0.1) is 0 Å². The van der Waals surface area contributed by atoms with Gasteiger partial charge in [0.2, 0.25) is 5.95 Å². The molecule has 1 amide bonds. The molecule has 1 saturated heterocycles. The molecule has 0 aliphatic carbocycles. The Bertz CT molecular complexity index is 1160. The Morgan fingerprint density at radius 1 is 1.29 bits per heavy atom. The number of methoxy groups -OCH3 is 1. The molecule has 188 valence electrons. The van der Waals surface area contributed by atoms with Gasteiger partial charge in [0.25, 0.3) is 0 Å². The van der Waals surface area contributed by atoms with Crippen molar-refractivity contribution in [1.82, 2.24) is 29.8 Å². The largest absolute Gasteiger partial charge is 0.497 e. The summed E-state index contributed by atoms with van der Waals surface area (Å²) in [6.45, 7) is 8.16. The number of benzene rings is 1. The molecule has 1 aliphatic rings. The Balaban J connectivity index is 1.50. The smallest absolute Gasteiger partial charge is 0.409 e. The van der Waals surface area contributed by atoms with Gasteiger partial charge in [0.15, 0.2) is 5.65 Å². The number of hydrogen-bond donors (Lipinski definition) is 2. The van der Waals surface area contributed by atoms with Crippen molar-refractivity contribution in [2.24, 2.45) is 0 Å². The number of ether oxygens (including phenoxy) is 3. The number of anilines is 1. The number of nitrogens with one attached hydrogen (secondary N) is 2. The van der Waals surface area contributed by atoms with Crippen LogP contribution in [0.1, 0.15) is 43.9 Å². The van der Waals surface area contributed by atoms with Gasteiger partial charge in [-0.05, 0) is 30.5 Å². The lowest BCUT2D eigenvalue weighted by Crippen LogP contribution is -2.51. The van der Waals surface area contributed by atoms with Crippen LogP contribution in [0.3, 0.4) is 0 Å². The number of aromatic nitrogens is 4. The predicted molar refractivity (Wildman–Crippen MR) is 131 cm³/mol. The highest BCUT2D eigenvalue weighted by Crippen LogP contribution is 2.26. The van der Waals surface area contributed by atoms with E-state index in [-0.39, 0.29) is 36.8 Å². The van der Waals surface area contributed by atoms with Crippen molar-refractivity contribution in [2.45, 2.75) is 38.8 Å². The third kappa shape index (κ3) is 5.73. The summed E-state index contributed by atoms with van der Waals surface area (Å²) in [5.41, 5.74) is 2.70. The molecule has 2 aromatic heterocycles. The summed E-state index contributed by atoms with van der Waals surface area (Å²) in [6, 6.07) is 7.99. The van der Waals surface area contributed by atoms with Gasteiger partial charge in [0.1, 0.15) is 18.5 Å². The van der Waals surface area contributed by atoms with E-state index in [0.29, 0.717) is 31.2 Å². The number of rotatable bonds is 10. The van der Waals surface area contributed by atoms with Crippen LogP contribution < -0.4 is 20.1 Å². The summed E-state index contributed by atoms with van der Waals surface area (Å²) >= 11 is 0. The summed E-state index contributed by atoms with van der Waals surface area (Å²) in [6.07, 6.45) is 1.37. The maximum Gasteiger partial charge on any atom is 0.409 e. The minimum absolute atomic E-state index is 0.0619. The fraction of sp³-hybridized carbons (Fsp3) is 0.500. The predicted octanol–water partition coefficient (Wildman–Crippen LogP) is 2.85. The van der Waals surface area contributed by atoms with Gasteiger partial charge in [-0.2, -0.15) is 19.6 Å². The van der Waals surface area contributed by atoms with E-state index >= 15 is 0 Å². The molecule has 0 radical (unpaired) electrons. The van der Waals surface area contributed by atoms with E-state index in [9.17, 15) is 4.79 Å². The van der Waals surface area contributed by atoms with E-state index in [1.807, 2.05) is 31.2 Å². The van der Waals surface area contributed by atoms with Crippen molar-refractivity contribution >= 4 is 17.7 Å². The second-order valence-electron chi connectivity index (χ2n) is 8.90. The zero-order valence-corrected chi connectivity index (χ0v) is 20.8. The Hall–Kier alpha value is -3.60. The van der Waals surface area contributed by atoms with Gasteiger partial charge < -0.3 is 29.7 Å². The summed E-state index contributed by atoms with van der Waals surface area (Å²) in [5.74, 6) is 1.52. The number of carbonyl (C=O) groups is 1. The maximum absolute atomic E-state index is 12.2. The second-order valence-corrected chi connectivity index (χ2v) is 8.90. The number of carbonyl (C=O) groups excluding carboxylic acids is 1. The van der Waals surface area contributed by atoms with E-state index in [1.54, 1.807) is 24.9 Å². The molecule has 2 N–H and O–H groups in total. The van der Waals surface area contributed by atoms with Crippen molar-refractivity contribution in [3.8, 4) is 11.8 Å². The van der Waals surface area contributed by atoms with Crippen molar-refractivity contribution < 1.29 is 19.0 Å². The fourth-order valence-electron chi connectivity index (χ4n) is 3.57.